The highest BCUT2D eigenvalue weighted by atomic mass is 35.5. The van der Waals surface area contributed by atoms with Crippen molar-refractivity contribution < 1.29 is 13.2 Å². The summed E-state index contributed by atoms with van der Waals surface area (Å²) in [7, 11) is -3.63. The van der Waals surface area contributed by atoms with Crippen LogP contribution >= 0.6 is 35.0 Å². The van der Waals surface area contributed by atoms with Crippen LogP contribution in [0.4, 0.5) is 5.69 Å². The van der Waals surface area contributed by atoms with Crippen LogP contribution < -0.4 is 9.62 Å². The number of hydrogen-bond donors (Lipinski definition) is 1. The van der Waals surface area contributed by atoms with Crippen LogP contribution in [0.1, 0.15) is 23.6 Å². The number of amides is 1. The number of benzene rings is 2. The lowest BCUT2D eigenvalue weighted by Crippen LogP contribution is -2.48. The van der Waals surface area contributed by atoms with Crippen molar-refractivity contribution in [2.45, 2.75) is 32.6 Å². The summed E-state index contributed by atoms with van der Waals surface area (Å²) >= 11 is 13.7. The Morgan fingerprint density at radius 2 is 1.77 bits per heavy atom. The molecule has 0 aliphatic heterocycles. The summed E-state index contributed by atoms with van der Waals surface area (Å²) in [5, 5.41) is 4.03. The van der Waals surface area contributed by atoms with Gasteiger partial charge in [-0.15, -0.1) is 0 Å². The van der Waals surface area contributed by atoms with Crippen molar-refractivity contribution in [3.8, 4) is 0 Å². The van der Waals surface area contributed by atoms with E-state index in [0.717, 1.165) is 22.9 Å². The minimum atomic E-state index is -3.63. The lowest BCUT2D eigenvalue weighted by Gasteiger charge is -2.28. The average Bonchev–Trinajstić information content (AvgIpc) is 2.60. The van der Waals surface area contributed by atoms with E-state index in [-0.39, 0.29) is 5.91 Å². The third-order valence-corrected chi connectivity index (χ3v) is 7.20. The maximum Gasteiger partial charge on any atom is 0.243 e. The van der Waals surface area contributed by atoms with E-state index >= 15 is 0 Å². The van der Waals surface area contributed by atoms with E-state index in [2.05, 4.69) is 5.32 Å². The fraction of sp³-hybridized carbons (Fsp3) is 0.381. The first-order valence-electron chi connectivity index (χ1n) is 9.36. The second kappa shape index (κ2) is 10.8. The van der Waals surface area contributed by atoms with Gasteiger partial charge in [0, 0.05) is 28.1 Å². The standard InChI is InChI=1S/C21H26Cl2N2O3S2/c1-14-9-15(2)11-19(10-14)25(30(4,27)28)16(3)21(26)24-7-8-29-13-17-5-6-18(22)12-20(17)23/h5-6,9-12,16H,7-8,13H2,1-4H3,(H,24,26)/t16-/m0/s1. The minimum absolute atomic E-state index is 0.343. The smallest absolute Gasteiger partial charge is 0.243 e. The molecule has 2 rings (SSSR count). The van der Waals surface area contributed by atoms with Crippen molar-refractivity contribution in [3.05, 3.63) is 63.1 Å². The van der Waals surface area contributed by atoms with E-state index in [9.17, 15) is 13.2 Å². The van der Waals surface area contributed by atoms with E-state index in [0.29, 0.717) is 33.8 Å². The number of halogens is 2. The van der Waals surface area contributed by atoms with Crippen LogP contribution in [-0.2, 0) is 20.6 Å². The molecule has 2 aromatic carbocycles. The first-order valence-corrected chi connectivity index (χ1v) is 13.1. The number of sulfonamides is 1. The van der Waals surface area contributed by atoms with Crippen LogP contribution in [0.15, 0.2) is 36.4 Å². The molecular weight excluding hydrogens is 463 g/mol. The maximum atomic E-state index is 12.6. The lowest BCUT2D eigenvalue weighted by molar-refractivity contribution is -0.121. The third kappa shape index (κ3) is 7.08. The van der Waals surface area contributed by atoms with Gasteiger partial charge in [-0.25, -0.2) is 8.42 Å². The summed E-state index contributed by atoms with van der Waals surface area (Å²) in [5.74, 6) is 1.02. The number of aryl methyl sites for hydroxylation is 2. The molecule has 0 aliphatic rings. The molecule has 0 spiro atoms. The number of anilines is 1. The Bertz CT molecular complexity index is 993. The molecule has 0 unspecified atom stereocenters. The molecule has 30 heavy (non-hydrogen) atoms. The minimum Gasteiger partial charge on any atom is -0.353 e. The van der Waals surface area contributed by atoms with E-state index in [1.165, 1.54) is 4.31 Å². The van der Waals surface area contributed by atoms with Crippen molar-refractivity contribution in [3.63, 3.8) is 0 Å². The quantitative estimate of drug-likeness (QED) is 0.514. The Morgan fingerprint density at radius 1 is 1.13 bits per heavy atom. The predicted octanol–water partition coefficient (Wildman–Crippen LogP) is 4.81. The molecule has 0 bridgehead atoms. The molecule has 0 aliphatic carbocycles. The zero-order chi connectivity index (χ0) is 22.5. The first-order chi connectivity index (χ1) is 14.0. The average molecular weight is 489 g/mol. The van der Waals surface area contributed by atoms with Crippen molar-refractivity contribution in [2.24, 2.45) is 0 Å². The first kappa shape index (κ1) is 24.9. The zero-order valence-corrected chi connectivity index (χ0v) is 20.6. The molecule has 0 heterocycles. The van der Waals surface area contributed by atoms with Gasteiger partial charge in [0.25, 0.3) is 0 Å². The molecule has 5 nitrogen and oxygen atoms in total. The number of rotatable bonds is 9. The fourth-order valence-electron chi connectivity index (χ4n) is 3.10. The van der Waals surface area contributed by atoms with Gasteiger partial charge in [0.15, 0.2) is 0 Å². The van der Waals surface area contributed by atoms with Gasteiger partial charge in [-0.05, 0) is 61.7 Å². The third-order valence-electron chi connectivity index (χ3n) is 4.37. The van der Waals surface area contributed by atoms with Crippen molar-refractivity contribution in [1.82, 2.24) is 5.32 Å². The molecule has 0 saturated carbocycles. The molecule has 0 radical (unpaired) electrons. The number of nitrogens with zero attached hydrogens (tertiary/aromatic N) is 1. The summed E-state index contributed by atoms with van der Waals surface area (Å²) in [4.78, 5) is 12.6. The van der Waals surface area contributed by atoms with Gasteiger partial charge in [0.2, 0.25) is 15.9 Å². The fourth-order valence-corrected chi connectivity index (χ4v) is 5.68. The number of hydrogen-bond acceptors (Lipinski definition) is 4. The Labute approximate surface area is 193 Å². The zero-order valence-electron chi connectivity index (χ0n) is 17.4. The Kier molecular flexibility index (Phi) is 8.91. The highest BCUT2D eigenvalue weighted by Gasteiger charge is 2.29. The van der Waals surface area contributed by atoms with Gasteiger partial charge in [0.1, 0.15) is 6.04 Å². The van der Waals surface area contributed by atoms with Gasteiger partial charge >= 0.3 is 0 Å². The summed E-state index contributed by atoms with van der Waals surface area (Å²) in [6.07, 6.45) is 1.11. The van der Waals surface area contributed by atoms with Crippen LogP contribution in [0, 0.1) is 13.8 Å². The van der Waals surface area contributed by atoms with Gasteiger partial charge in [-0.2, -0.15) is 11.8 Å². The van der Waals surface area contributed by atoms with Crippen LogP contribution in [0.5, 0.6) is 0 Å². The summed E-state index contributed by atoms with van der Waals surface area (Å²) in [6.45, 7) is 5.80. The summed E-state index contributed by atoms with van der Waals surface area (Å²) in [6, 6.07) is 10.0. The Morgan fingerprint density at radius 3 is 2.33 bits per heavy atom. The number of nitrogens with one attached hydrogen (secondary N) is 1. The van der Waals surface area contributed by atoms with Gasteiger partial charge < -0.3 is 5.32 Å². The maximum absolute atomic E-state index is 12.6. The van der Waals surface area contributed by atoms with Crippen LogP contribution in [0.2, 0.25) is 10.0 Å². The Balaban J connectivity index is 1.95. The SMILES string of the molecule is Cc1cc(C)cc(N([C@@H](C)C(=O)NCCSCc2ccc(Cl)cc2Cl)S(C)(=O)=O)c1. The van der Waals surface area contributed by atoms with E-state index < -0.39 is 16.1 Å². The lowest BCUT2D eigenvalue weighted by atomic mass is 10.1. The van der Waals surface area contributed by atoms with E-state index in [4.69, 9.17) is 23.2 Å². The summed E-state index contributed by atoms with van der Waals surface area (Å²) < 4.78 is 26.0. The molecular formula is C21H26Cl2N2O3S2. The predicted molar refractivity (Wildman–Crippen MR) is 128 cm³/mol. The van der Waals surface area contributed by atoms with Crippen molar-refractivity contribution in [1.29, 1.82) is 0 Å². The van der Waals surface area contributed by atoms with Crippen molar-refractivity contribution >= 4 is 56.6 Å². The highest BCUT2D eigenvalue weighted by molar-refractivity contribution is 7.98. The van der Waals surface area contributed by atoms with Gasteiger partial charge in [-0.3, -0.25) is 9.10 Å². The molecule has 0 aromatic heterocycles. The monoisotopic (exact) mass is 488 g/mol. The topological polar surface area (TPSA) is 66.5 Å². The molecule has 1 atom stereocenters. The van der Waals surface area contributed by atoms with Crippen LogP contribution in [-0.4, -0.2) is 38.9 Å². The largest absolute Gasteiger partial charge is 0.353 e. The molecule has 9 heteroatoms. The molecule has 0 saturated heterocycles. The number of carbonyl (C=O) groups is 1. The normalized spacial score (nSPS) is 12.5. The molecule has 0 fully saturated rings. The summed E-state index contributed by atoms with van der Waals surface area (Å²) in [5.41, 5.74) is 3.33. The van der Waals surface area contributed by atoms with E-state index in [1.807, 2.05) is 26.0 Å². The molecule has 2 aromatic rings. The van der Waals surface area contributed by atoms with Gasteiger partial charge in [0.05, 0.1) is 11.9 Å². The number of thioether (sulfide) groups is 1. The van der Waals surface area contributed by atoms with Crippen LogP contribution in [0.25, 0.3) is 0 Å². The molecule has 1 amide bonds. The van der Waals surface area contributed by atoms with Gasteiger partial charge in [-0.1, -0.05) is 35.3 Å². The Hall–Kier alpha value is -1.41. The molecule has 1 N–H and O–H groups in total. The second-order valence-corrected chi connectivity index (χ2v) is 11.0. The number of carbonyl (C=O) groups excluding carboxylic acids is 1. The van der Waals surface area contributed by atoms with Crippen molar-refractivity contribution in [2.75, 3.05) is 22.9 Å². The van der Waals surface area contributed by atoms with E-state index in [1.54, 1.807) is 43.0 Å². The second-order valence-electron chi connectivity index (χ2n) is 7.16. The molecule has 164 valence electrons. The highest BCUT2D eigenvalue weighted by Crippen LogP contribution is 2.25. The van der Waals surface area contributed by atoms with Crippen LogP contribution in [0.3, 0.4) is 0 Å².